The van der Waals surface area contributed by atoms with E-state index in [1.165, 1.54) is 101 Å². The lowest BCUT2D eigenvalue weighted by atomic mass is 10.0. The molecule has 1 aromatic heterocycles. The maximum Gasteiger partial charge on any atom is 0.183 e. The Kier molecular flexibility index (Phi) is 13.2. The van der Waals surface area contributed by atoms with Crippen LogP contribution >= 0.6 is 0 Å². The SMILES string of the molecule is CCCCCCCCCCCCCCCc1ccc[n+](C(CC)c2ccccc2)c1. The number of aromatic nitrogens is 1. The summed E-state index contributed by atoms with van der Waals surface area (Å²) in [6, 6.07) is 15.9. The Balaban J connectivity index is 1.57. The maximum atomic E-state index is 2.41. The largest absolute Gasteiger partial charge is 0.198 e. The summed E-state index contributed by atoms with van der Waals surface area (Å²) >= 11 is 0. The van der Waals surface area contributed by atoms with Crippen molar-refractivity contribution in [1.29, 1.82) is 0 Å². The van der Waals surface area contributed by atoms with Crippen molar-refractivity contribution in [3.05, 3.63) is 66.0 Å². The van der Waals surface area contributed by atoms with Crippen molar-refractivity contribution in [3.63, 3.8) is 0 Å². The fourth-order valence-corrected chi connectivity index (χ4v) is 4.53. The predicted octanol–water partition coefficient (Wildman–Crippen LogP) is 8.61. The van der Waals surface area contributed by atoms with Gasteiger partial charge in [0, 0.05) is 23.6 Å². The molecule has 2 aromatic rings. The van der Waals surface area contributed by atoms with Crippen molar-refractivity contribution in [2.45, 2.75) is 116 Å². The Bertz CT molecular complexity index is 648. The molecule has 0 aliphatic carbocycles. The van der Waals surface area contributed by atoms with Crippen molar-refractivity contribution < 1.29 is 4.57 Å². The minimum atomic E-state index is 0.442. The highest BCUT2D eigenvalue weighted by atomic mass is 15.0. The number of benzene rings is 1. The quantitative estimate of drug-likeness (QED) is 0.182. The van der Waals surface area contributed by atoms with Crippen LogP contribution in [0.4, 0.5) is 0 Å². The summed E-state index contributed by atoms with van der Waals surface area (Å²) in [6.07, 6.45) is 25.4. The van der Waals surface area contributed by atoms with E-state index in [0.717, 1.165) is 6.42 Å². The molecule has 30 heavy (non-hydrogen) atoms. The molecule has 0 bridgehead atoms. The second-order valence-electron chi connectivity index (χ2n) is 8.99. The van der Waals surface area contributed by atoms with Gasteiger partial charge in [-0.3, -0.25) is 0 Å². The Hall–Kier alpha value is -1.63. The van der Waals surface area contributed by atoms with E-state index < -0.39 is 0 Å². The zero-order chi connectivity index (χ0) is 21.3. The molecule has 0 radical (unpaired) electrons. The summed E-state index contributed by atoms with van der Waals surface area (Å²) in [5.74, 6) is 0. The Labute approximate surface area is 186 Å². The topological polar surface area (TPSA) is 3.88 Å². The van der Waals surface area contributed by atoms with Crippen LogP contribution in [0.2, 0.25) is 0 Å². The van der Waals surface area contributed by atoms with Crippen LogP contribution in [0, 0.1) is 0 Å². The number of nitrogens with zero attached hydrogens (tertiary/aromatic N) is 1. The zero-order valence-electron chi connectivity index (χ0n) is 19.8. The molecule has 1 atom stereocenters. The minimum Gasteiger partial charge on any atom is -0.198 e. The summed E-state index contributed by atoms with van der Waals surface area (Å²) in [5.41, 5.74) is 2.89. The van der Waals surface area contributed by atoms with Gasteiger partial charge in [-0.25, -0.2) is 0 Å². The molecule has 0 saturated heterocycles. The van der Waals surface area contributed by atoms with E-state index in [2.05, 4.69) is 73.3 Å². The molecule has 0 N–H and O–H groups in total. The fraction of sp³-hybridized carbons (Fsp3) is 0.621. The standard InChI is InChI=1S/C29H46N/c1-3-5-6-7-8-9-10-11-12-13-14-15-17-21-27-22-20-25-30(26-27)29(4-2)28-23-18-16-19-24-28/h16,18-20,22-26,29H,3-15,17,21H2,1-2H3/q+1. The average molecular weight is 409 g/mol. The van der Waals surface area contributed by atoms with Gasteiger partial charge in [0.15, 0.2) is 18.4 Å². The predicted molar refractivity (Wildman–Crippen MR) is 131 cm³/mol. The molecule has 2 rings (SSSR count). The third-order valence-corrected chi connectivity index (χ3v) is 6.38. The van der Waals surface area contributed by atoms with Crippen LogP contribution in [-0.2, 0) is 6.42 Å². The average Bonchev–Trinajstić information content (AvgIpc) is 2.78. The molecule has 166 valence electrons. The summed E-state index contributed by atoms with van der Waals surface area (Å²) in [7, 11) is 0. The van der Waals surface area contributed by atoms with E-state index in [1.807, 2.05) is 0 Å². The van der Waals surface area contributed by atoms with Crippen LogP contribution in [0.1, 0.15) is 121 Å². The Morgan fingerprint density at radius 1 is 0.633 bits per heavy atom. The van der Waals surface area contributed by atoms with E-state index in [-0.39, 0.29) is 0 Å². The van der Waals surface area contributed by atoms with Gasteiger partial charge in [-0.05, 0) is 18.9 Å². The van der Waals surface area contributed by atoms with Crippen molar-refractivity contribution in [2.24, 2.45) is 0 Å². The van der Waals surface area contributed by atoms with E-state index in [0.29, 0.717) is 6.04 Å². The third kappa shape index (κ3) is 9.92. The highest BCUT2D eigenvalue weighted by molar-refractivity contribution is 5.17. The molecule has 0 aliphatic rings. The number of aryl methyl sites for hydroxylation is 1. The zero-order valence-corrected chi connectivity index (χ0v) is 19.8. The van der Waals surface area contributed by atoms with Crippen molar-refractivity contribution in [2.75, 3.05) is 0 Å². The van der Waals surface area contributed by atoms with Crippen LogP contribution in [0.15, 0.2) is 54.9 Å². The van der Waals surface area contributed by atoms with E-state index in [1.54, 1.807) is 0 Å². The normalized spacial score (nSPS) is 12.2. The molecule has 1 nitrogen and oxygen atoms in total. The lowest BCUT2D eigenvalue weighted by Gasteiger charge is -2.11. The van der Waals surface area contributed by atoms with E-state index in [4.69, 9.17) is 0 Å². The smallest absolute Gasteiger partial charge is 0.183 e. The molecule has 1 aromatic carbocycles. The first-order valence-corrected chi connectivity index (χ1v) is 12.9. The molecule has 0 aliphatic heterocycles. The van der Waals surface area contributed by atoms with Gasteiger partial charge in [-0.2, -0.15) is 4.57 Å². The van der Waals surface area contributed by atoms with Crippen molar-refractivity contribution in [3.8, 4) is 0 Å². The van der Waals surface area contributed by atoms with Gasteiger partial charge in [0.05, 0.1) is 0 Å². The fourth-order valence-electron chi connectivity index (χ4n) is 4.53. The third-order valence-electron chi connectivity index (χ3n) is 6.38. The van der Waals surface area contributed by atoms with E-state index >= 15 is 0 Å². The number of rotatable bonds is 17. The summed E-state index contributed by atoms with van der Waals surface area (Å²) < 4.78 is 2.41. The second kappa shape index (κ2) is 16.1. The summed E-state index contributed by atoms with van der Waals surface area (Å²) in [5, 5.41) is 0. The lowest BCUT2D eigenvalue weighted by molar-refractivity contribution is -0.714. The number of hydrogen-bond donors (Lipinski definition) is 0. The van der Waals surface area contributed by atoms with Crippen LogP contribution in [0.25, 0.3) is 0 Å². The molecule has 0 fully saturated rings. The molecule has 0 amide bonds. The number of unbranched alkanes of at least 4 members (excludes halogenated alkanes) is 12. The maximum absolute atomic E-state index is 2.41. The van der Waals surface area contributed by atoms with Crippen molar-refractivity contribution >= 4 is 0 Å². The lowest BCUT2D eigenvalue weighted by Crippen LogP contribution is -2.39. The Morgan fingerprint density at radius 3 is 1.77 bits per heavy atom. The first-order valence-electron chi connectivity index (χ1n) is 12.9. The number of pyridine rings is 1. The van der Waals surface area contributed by atoms with Gasteiger partial charge >= 0.3 is 0 Å². The van der Waals surface area contributed by atoms with Crippen LogP contribution < -0.4 is 4.57 Å². The molecule has 0 spiro atoms. The highest BCUT2D eigenvalue weighted by Crippen LogP contribution is 2.17. The summed E-state index contributed by atoms with van der Waals surface area (Å²) in [6.45, 7) is 4.58. The van der Waals surface area contributed by atoms with Gasteiger partial charge in [0.2, 0.25) is 0 Å². The second-order valence-corrected chi connectivity index (χ2v) is 8.99. The number of hydrogen-bond acceptors (Lipinski definition) is 0. The molecule has 1 unspecified atom stereocenters. The molecule has 0 saturated carbocycles. The van der Waals surface area contributed by atoms with Crippen LogP contribution in [0.5, 0.6) is 0 Å². The monoisotopic (exact) mass is 408 g/mol. The molecular formula is C29H46N+. The summed E-state index contributed by atoms with van der Waals surface area (Å²) in [4.78, 5) is 0. The van der Waals surface area contributed by atoms with Crippen LogP contribution in [0.3, 0.4) is 0 Å². The van der Waals surface area contributed by atoms with Crippen LogP contribution in [-0.4, -0.2) is 0 Å². The highest BCUT2D eigenvalue weighted by Gasteiger charge is 2.18. The van der Waals surface area contributed by atoms with Gasteiger partial charge in [-0.15, -0.1) is 0 Å². The Morgan fingerprint density at radius 2 is 1.20 bits per heavy atom. The van der Waals surface area contributed by atoms with E-state index in [9.17, 15) is 0 Å². The van der Waals surface area contributed by atoms with Gasteiger partial charge in [0.1, 0.15) is 0 Å². The first-order chi connectivity index (χ1) is 14.8. The minimum absolute atomic E-state index is 0.442. The van der Waals surface area contributed by atoms with Gasteiger partial charge in [-0.1, -0.05) is 121 Å². The molecular weight excluding hydrogens is 362 g/mol. The van der Waals surface area contributed by atoms with Gasteiger partial charge < -0.3 is 0 Å². The molecule has 1 heteroatoms. The van der Waals surface area contributed by atoms with Gasteiger partial charge in [0.25, 0.3) is 0 Å². The first kappa shape index (κ1) is 24.6. The van der Waals surface area contributed by atoms with Crippen molar-refractivity contribution in [1.82, 2.24) is 0 Å². The molecule has 1 heterocycles.